The summed E-state index contributed by atoms with van der Waals surface area (Å²) >= 11 is 0. The predicted molar refractivity (Wildman–Crippen MR) is 166 cm³/mol. The Morgan fingerprint density at radius 1 is 0.929 bits per heavy atom. The number of phenolic OH excluding ortho intramolecular Hbond substituents is 1. The van der Waals surface area contributed by atoms with Gasteiger partial charge in [-0.1, -0.05) is 18.2 Å². The molecule has 2 heterocycles. The van der Waals surface area contributed by atoms with Crippen molar-refractivity contribution >= 4 is 5.69 Å². The summed E-state index contributed by atoms with van der Waals surface area (Å²) in [4.78, 5) is 2.53. The second kappa shape index (κ2) is 13.4. The fraction of sp³-hybridized carbons (Fsp3) is 0.500. The number of phenols is 1. The molecule has 2 aliphatic heterocycles. The summed E-state index contributed by atoms with van der Waals surface area (Å²) < 4.78 is 26.3. The highest BCUT2D eigenvalue weighted by molar-refractivity contribution is 5.57. The highest BCUT2D eigenvalue weighted by Gasteiger charge is 2.29. The Bertz CT molecular complexity index is 1340. The predicted octanol–water partition coefficient (Wildman–Crippen LogP) is 7.36. The number of fused-ring (bicyclic) bond motifs is 5. The number of halogens is 1. The lowest BCUT2D eigenvalue weighted by Gasteiger charge is -2.27. The fourth-order valence-electron chi connectivity index (χ4n) is 7.38. The van der Waals surface area contributed by atoms with Crippen LogP contribution < -0.4 is 14.8 Å². The highest BCUT2D eigenvalue weighted by Crippen LogP contribution is 2.38. The summed E-state index contributed by atoms with van der Waals surface area (Å²) in [5.74, 6) is 3.36. The van der Waals surface area contributed by atoms with Gasteiger partial charge in [-0.15, -0.1) is 0 Å². The zero-order valence-corrected chi connectivity index (χ0v) is 24.9. The van der Waals surface area contributed by atoms with Crippen LogP contribution in [0, 0.1) is 17.7 Å². The Kier molecular flexibility index (Phi) is 9.18. The maximum atomic E-state index is 14.9. The molecule has 2 saturated heterocycles. The van der Waals surface area contributed by atoms with Gasteiger partial charge in [-0.05, 0) is 128 Å². The fourth-order valence-corrected chi connectivity index (χ4v) is 7.38. The Hall–Kier alpha value is -3.25. The molecule has 4 aliphatic rings. The molecule has 1 atom stereocenters. The molecule has 6 heteroatoms. The molecule has 1 saturated carbocycles. The summed E-state index contributed by atoms with van der Waals surface area (Å²) in [6.45, 7) is 4.55. The van der Waals surface area contributed by atoms with Crippen molar-refractivity contribution in [1.29, 1.82) is 0 Å². The van der Waals surface area contributed by atoms with Crippen molar-refractivity contribution in [3.8, 4) is 17.2 Å². The Morgan fingerprint density at radius 2 is 1.74 bits per heavy atom. The molecule has 0 spiro atoms. The number of aryl methyl sites for hydroxylation is 2. The zero-order valence-electron chi connectivity index (χ0n) is 24.9. The van der Waals surface area contributed by atoms with Gasteiger partial charge in [0.05, 0.1) is 7.11 Å². The second-order valence-electron chi connectivity index (χ2n) is 12.6. The van der Waals surface area contributed by atoms with Crippen LogP contribution in [0.5, 0.6) is 17.2 Å². The van der Waals surface area contributed by atoms with Crippen LogP contribution in [0.25, 0.3) is 0 Å². The number of nitrogens with one attached hydrogen (secondary N) is 1. The lowest BCUT2D eigenvalue weighted by molar-refractivity contribution is 0.193. The zero-order chi connectivity index (χ0) is 28.9. The molecule has 0 radical (unpaired) electrons. The molecule has 5 nitrogen and oxygen atoms in total. The minimum atomic E-state index is -0.266. The number of anilines is 1. The molecule has 3 aromatic carbocycles. The van der Waals surface area contributed by atoms with E-state index in [0.29, 0.717) is 24.0 Å². The number of hydrogen-bond acceptors (Lipinski definition) is 5. The Labute approximate surface area is 250 Å². The van der Waals surface area contributed by atoms with Gasteiger partial charge in [-0.2, -0.15) is 0 Å². The first kappa shape index (κ1) is 28.9. The van der Waals surface area contributed by atoms with Crippen LogP contribution in [0.3, 0.4) is 0 Å². The molecule has 3 fully saturated rings. The SMILES string of the molecule is COc1ccc(C2CCc3cc(O)ccc3C2)c(NCCCc2ccc(OCCN3CC4CCC(CC4)C3)c(F)c2)c1. The lowest BCUT2D eigenvalue weighted by atomic mass is 9.79. The van der Waals surface area contributed by atoms with E-state index in [0.717, 1.165) is 74.0 Å². The summed E-state index contributed by atoms with van der Waals surface area (Å²) in [5.41, 5.74) is 5.96. The van der Waals surface area contributed by atoms with E-state index in [-0.39, 0.29) is 5.82 Å². The first-order valence-electron chi connectivity index (χ1n) is 15.9. The number of hydrogen-bond donors (Lipinski definition) is 2. The molecular weight excluding hydrogens is 527 g/mol. The van der Waals surface area contributed by atoms with Crippen molar-refractivity contribution in [2.24, 2.45) is 11.8 Å². The third-order valence-corrected chi connectivity index (χ3v) is 9.74. The number of ether oxygens (including phenoxy) is 2. The molecule has 3 aromatic rings. The molecular formula is C36H45FN2O3. The van der Waals surface area contributed by atoms with Crippen LogP contribution in [0.4, 0.5) is 10.1 Å². The maximum Gasteiger partial charge on any atom is 0.165 e. The van der Waals surface area contributed by atoms with Gasteiger partial charge in [0.2, 0.25) is 0 Å². The van der Waals surface area contributed by atoms with Crippen molar-refractivity contribution < 1.29 is 19.0 Å². The van der Waals surface area contributed by atoms with Crippen molar-refractivity contribution in [3.05, 3.63) is 82.7 Å². The minimum absolute atomic E-state index is 0.266. The average Bonchev–Trinajstić information content (AvgIpc) is 3.33. The largest absolute Gasteiger partial charge is 0.508 e. The molecule has 2 aliphatic carbocycles. The van der Waals surface area contributed by atoms with Crippen LogP contribution in [-0.4, -0.2) is 49.9 Å². The van der Waals surface area contributed by atoms with Gasteiger partial charge in [0.25, 0.3) is 0 Å². The van der Waals surface area contributed by atoms with Gasteiger partial charge in [0, 0.05) is 37.9 Å². The van der Waals surface area contributed by atoms with E-state index in [9.17, 15) is 9.50 Å². The van der Waals surface area contributed by atoms with E-state index >= 15 is 0 Å². The lowest BCUT2D eigenvalue weighted by Crippen LogP contribution is -2.32. The van der Waals surface area contributed by atoms with Gasteiger partial charge in [0.15, 0.2) is 11.6 Å². The van der Waals surface area contributed by atoms with Gasteiger partial charge < -0.3 is 19.9 Å². The third kappa shape index (κ3) is 7.03. The molecule has 1 unspecified atom stereocenters. The van der Waals surface area contributed by atoms with Crippen molar-refractivity contribution in [2.75, 3.05) is 45.2 Å². The number of benzene rings is 3. The summed E-state index contributed by atoms with van der Waals surface area (Å²) in [7, 11) is 1.70. The Balaban J connectivity index is 0.995. The van der Waals surface area contributed by atoms with E-state index in [1.165, 1.54) is 55.5 Å². The monoisotopic (exact) mass is 572 g/mol. The molecule has 0 amide bonds. The van der Waals surface area contributed by atoms with E-state index in [1.54, 1.807) is 25.3 Å². The first-order chi connectivity index (χ1) is 20.5. The highest BCUT2D eigenvalue weighted by atomic mass is 19.1. The molecule has 7 rings (SSSR count). The number of nitrogens with zero attached hydrogens (tertiary/aromatic N) is 1. The number of rotatable bonds is 11. The number of methoxy groups -OCH3 is 1. The van der Waals surface area contributed by atoms with Gasteiger partial charge in [0.1, 0.15) is 18.1 Å². The summed E-state index contributed by atoms with van der Waals surface area (Å²) in [6, 6.07) is 17.5. The second-order valence-corrected chi connectivity index (χ2v) is 12.6. The van der Waals surface area contributed by atoms with Crippen molar-refractivity contribution in [2.45, 2.75) is 63.7 Å². The van der Waals surface area contributed by atoms with E-state index in [2.05, 4.69) is 28.4 Å². The quantitative estimate of drug-likeness (QED) is 0.235. The average molecular weight is 573 g/mol. The standard InChI is InChI=1S/C36H45FN2O3/c1-41-32-13-14-33(30-10-9-29-21-31(40)12-11-28(29)20-30)35(22-32)38-16-2-3-25-8-15-36(34(37)19-25)42-18-17-39-23-26-4-5-27(24-39)7-6-26/h8,11-15,19,21-22,26-27,30,38,40H,2-7,9-10,16-18,20,23-24H2,1H3. The van der Waals surface area contributed by atoms with Crippen LogP contribution in [0.15, 0.2) is 54.6 Å². The normalized spacial score (nSPS) is 21.9. The van der Waals surface area contributed by atoms with E-state index < -0.39 is 0 Å². The van der Waals surface area contributed by atoms with E-state index in [1.807, 2.05) is 18.2 Å². The number of aromatic hydroxyl groups is 1. The third-order valence-electron chi connectivity index (χ3n) is 9.74. The van der Waals surface area contributed by atoms with Crippen LogP contribution in [0.2, 0.25) is 0 Å². The molecule has 224 valence electrons. The molecule has 2 N–H and O–H groups in total. The van der Waals surface area contributed by atoms with Crippen LogP contribution >= 0.6 is 0 Å². The van der Waals surface area contributed by atoms with E-state index in [4.69, 9.17) is 9.47 Å². The Morgan fingerprint density at radius 3 is 2.50 bits per heavy atom. The maximum absolute atomic E-state index is 14.9. The topological polar surface area (TPSA) is 54.0 Å². The molecule has 0 aromatic heterocycles. The minimum Gasteiger partial charge on any atom is -0.508 e. The van der Waals surface area contributed by atoms with Gasteiger partial charge in [-0.25, -0.2) is 4.39 Å². The van der Waals surface area contributed by atoms with Crippen molar-refractivity contribution in [3.63, 3.8) is 0 Å². The van der Waals surface area contributed by atoms with Crippen LogP contribution in [-0.2, 0) is 19.3 Å². The summed E-state index contributed by atoms with van der Waals surface area (Å²) in [6.07, 6.45) is 10.1. The first-order valence-corrected chi connectivity index (χ1v) is 15.9. The molecule has 2 bridgehead atoms. The summed E-state index contributed by atoms with van der Waals surface area (Å²) in [5, 5.41) is 13.5. The van der Waals surface area contributed by atoms with Crippen LogP contribution in [0.1, 0.15) is 66.7 Å². The van der Waals surface area contributed by atoms with Gasteiger partial charge in [-0.3, -0.25) is 4.90 Å². The smallest absolute Gasteiger partial charge is 0.165 e. The molecule has 42 heavy (non-hydrogen) atoms. The van der Waals surface area contributed by atoms with Gasteiger partial charge >= 0.3 is 0 Å². The van der Waals surface area contributed by atoms with Crippen molar-refractivity contribution in [1.82, 2.24) is 4.90 Å².